The van der Waals surface area contributed by atoms with Crippen molar-refractivity contribution in [2.75, 3.05) is 26.4 Å². The SMILES string of the molecule is CC(=O)NC1C(OC2C(CO)OC(OP(=O)(O)OP(=O)(O)OCC=C(C)CCC=C(C)CCC=C(C)CCC=C(C)CCC=C(C)CCC=C(C)CCC=C(C)CCC=C(C)CCC=C(C)CCC=C(C)CCC=C(C)C)C(NC(C)=O)C2OC(C)C(=O)NC(C)C(=O)NC(CCC(=O)NC(CCCCN)C(=O)NC(C)C(=O)NC(C)C(=O)O)C(=O)O)OC(CO)C(O)C1O. The van der Waals surface area contributed by atoms with Gasteiger partial charge in [0.25, 0.3) is 0 Å². The molecule has 0 aromatic carbocycles. The lowest BCUT2D eigenvalue weighted by molar-refractivity contribution is -0.331. The van der Waals surface area contributed by atoms with Gasteiger partial charge in [-0.1, -0.05) is 128 Å². The number of aliphatic carboxylic acids is 2. The Balaban J connectivity index is 2.08. The van der Waals surface area contributed by atoms with E-state index in [1.54, 1.807) is 6.92 Å². The number of nitrogens with one attached hydrogen (secondary N) is 7. The Morgan fingerprint density at radius 1 is 0.408 bits per heavy atom. The van der Waals surface area contributed by atoms with Crippen molar-refractivity contribution in [1.29, 1.82) is 0 Å². The highest BCUT2D eigenvalue weighted by molar-refractivity contribution is 7.61. The zero-order valence-corrected chi connectivity index (χ0v) is 81.8. The van der Waals surface area contributed by atoms with Crippen molar-refractivity contribution in [3.05, 3.63) is 128 Å². The summed E-state index contributed by atoms with van der Waals surface area (Å²) in [7, 11) is -11.5. The summed E-state index contributed by atoms with van der Waals surface area (Å²) in [5, 5.41) is 78.7. The summed E-state index contributed by atoms with van der Waals surface area (Å²) < 4.78 is 66.3. The number of nitrogens with two attached hydrogens (primary N) is 1. The Hall–Kier alpha value is -7.73. The Morgan fingerprint density at radius 3 is 1.17 bits per heavy atom. The van der Waals surface area contributed by atoms with E-state index in [9.17, 15) is 92.7 Å². The number of ether oxygens (including phenoxy) is 4. The van der Waals surface area contributed by atoms with E-state index >= 15 is 0 Å². The number of carbonyl (C=O) groups is 9. The lowest BCUT2D eigenvalue weighted by Gasteiger charge is -2.49. The molecule has 2 saturated heterocycles. The minimum atomic E-state index is -5.95. The Kier molecular flexibility index (Phi) is 57.8. The smallest absolute Gasteiger partial charge is 0.480 e. The van der Waals surface area contributed by atoms with Crippen molar-refractivity contribution in [2.24, 2.45) is 5.73 Å². The van der Waals surface area contributed by atoms with Crippen LogP contribution in [-0.4, -0.2) is 218 Å². The third-order valence-electron chi connectivity index (χ3n) is 22.1. The predicted octanol–water partition coefficient (Wildman–Crippen LogP) is 12.4. The Labute approximate surface area is 770 Å². The molecular formula is C94H156N8O26P2. The molecule has 36 heteroatoms. The average molecular weight is 1880 g/mol. The molecule has 18 atom stereocenters. The summed E-state index contributed by atoms with van der Waals surface area (Å²) >= 11 is 0. The molecule has 17 N–H and O–H groups in total. The van der Waals surface area contributed by atoms with Crippen LogP contribution in [-0.2, 0) is 84.6 Å². The van der Waals surface area contributed by atoms with Crippen molar-refractivity contribution in [3.63, 3.8) is 0 Å². The van der Waals surface area contributed by atoms with Crippen LogP contribution >= 0.6 is 15.6 Å². The first-order valence-corrected chi connectivity index (χ1v) is 48.4. The number of rotatable bonds is 63. The molecule has 34 nitrogen and oxygen atoms in total. The number of unbranched alkanes of at least 4 members (excludes halogenated alkanes) is 1. The highest BCUT2D eigenvalue weighted by atomic mass is 31.3. The van der Waals surface area contributed by atoms with Gasteiger partial charge in [0.2, 0.25) is 41.4 Å². The highest BCUT2D eigenvalue weighted by Crippen LogP contribution is 2.61. The second-order valence-corrected chi connectivity index (χ2v) is 37.7. The minimum Gasteiger partial charge on any atom is -0.480 e. The number of hydrogen-bond acceptors (Lipinski definition) is 23. The van der Waals surface area contributed by atoms with Crippen LogP contribution in [0.15, 0.2) is 128 Å². The van der Waals surface area contributed by atoms with Crippen LogP contribution in [0.1, 0.15) is 285 Å². The molecule has 2 aliphatic rings. The maximum atomic E-state index is 14.1. The van der Waals surface area contributed by atoms with Crippen molar-refractivity contribution >= 4 is 68.9 Å². The van der Waals surface area contributed by atoms with Gasteiger partial charge in [0.1, 0.15) is 85.0 Å². The van der Waals surface area contributed by atoms with Gasteiger partial charge < -0.3 is 102 Å². The van der Waals surface area contributed by atoms with E-state index in [1.807, 2.05) is 6.92 Å². The third kappa shape index (κ3) is 50.4. The average Bonchev–Trinajstić information content (AvgIpc) is 0.764. The zero-order chi connectivity index (χ0) is 98.0. The third-order valence-corrected chi connectivity index (χ3v) is 24.7. The van der Waals surface area contributed by atoms with Crippen molar-refractivity contribution in [3.8, 4) is 0 Å². The quantitative estimate of drug-likeness (QED) is 0.0153. The second-order valence-electron chi connectivity index (χ2n) is 34.7. The summed E-state index contributed by atoms with van der Waals surface area (Å²) in [6.07, 6.45) is 27.0. The molecule has 0 aromatic rings. The maximum Gasteiger partial charge on any atom is 0.483 e. The van der Waals surface area contributed by atoms with Gasteiger partial charge in [-0.05, 0) is 271 Å². The molecule has 0 bridgehead atoms. The summed E-state index contributed by atoms with van der Waals surface area (Å²) in [6, 6.07) is -11.0. The van der Waals surface area contributed by atoms with Crippen LogP contribution in [0.3, 0.4) is 0 Å². The monoisotopic (exact) mass is 1880 g/mol. The molecule has 2 heterocycles. The van der Waals surface area contributed by atoms with Crippen LogP contribution in [0.2, 0.25) is 0 Å². The fourth-order valence-electron chi connectivity index (χ4n) is 14.0. The summed E-state index contributed by atoms with van der Waals surface area (Å²) in [4.78, 5) is 138. The fourth-order valence-corrected chi connectivity index (χ4v) is 16.1. The molecule has 0 aromatic heterocycles. The largest absolute Gasteiger partial charge is 0.483 e. The molecule has 738 valence electrons. The lowest BCUT2D eigenvalue weighted by Crippen LogP contribution is -2.70. The number of carboxylic acids is 2. The topological polar surface area (TPSA) is 524 Å². The summed E-state index contributed by atoms with van der Waals surface area (Å²) in [5.74, 6) is -9.61. The van der Waals surface area contributed by atoms with Crippen LogP contribution in [0, 0.1) is 0 Å². The van der Waals surface area contributed by atoms with Gasteiger partial charge in [0, 0.05) is 20.3 Å². The minimum absolute atomic E-state index is 0.0174. The Morgan fingerprint density at radius 2 is 0.785 bits per heavy atom. The predicted molar refractivity (Wildman–Crippen MR) is 499 cm³/mol. The van der Waals surface area contributed by atoms with E-state index in [4.69, 9.17) is 33.7 Å². The molecule has 0 radical (unpaired) electrons. The van der Waals surface area contributed by atoms with Gasteiger partial charge in [-0.25, -0.2) is 13.9 Å². The molecule has 2 fully saturated rings. The molecule has 18 unspecified atom stereocenters. The van der Waals surface area contributed by atoms with Crippen LogP contribution in [0.25, 0.3) is 0 Å². The van der Waals surface area contributed by atoms with E-state index in [-0.39, 0.29) is 13.0 Å². The summed E-state index contributed by atoms with van der Waals surface area (Å²) in [6.45, 7) is 30.1. The molecule has 0 saturated carbocycles. The first-order valence-electron chi connectivity index (χ1n) is 45.4. The number of phosphoric ester groups is 2. The molecule has 2 rings (SSSR count). The van der Waals surface area contributed by atoms with Gasteiger partial charge in [-0.2, -0.15) is 4.31 Å². The number of allylic oxidation sites excluding steroid dienone is 21. The number of amides is 7. The van der Waals surface area contributed by atoms with E-state index in [0.29, 0.717) is 25.7 Å². The van der Waals surface area contributed by atoms with Gasteiger partial charge >= 0.3 is 27.6 Å². The number of aliphatic hydroxyl groups is 4. The van der Waals surface area contributed by atoms with Gasteiger partial charge in [-0.15, -0.1) is 0 Å². The van der Waals surface area contributed by atoms with Crippen molar-refractivity contribution in [1.82, 2.24) is 37.2 Å². The highest BCUT2D eigenvalue weighted by Gasteiger charge is 2.55. The van der Waals surface area contributed by atoms with Crippen LogP contribution < -0.4 is 43.0 Å². The molecule has 0 aliphatic carbocycles. The fraction of sp³-hybridized carbons (Fsp3) is 0.670. The molecule has 2 aliphatic heterocycles. The van der Waals surface area contributed by atoms with E-state index < -0.39 is 199 Å². The first kappa shape index (κ1) is 118. The van der Waals surface area contributed by atoms with Gasteiger partial charge in [-0.3, -0.25) is 47.4 Å². The van der Waals surface area contributed by atoms with Gasteiger partial charge in [0.05, 0.1) is 19.8 Å². The molecular weight excluding hydrogens is 1720 g/mol. The van der Waals surface area contributed by atoms with Gasteiger partial charge in [0.15, 0.2) is 12.6 Å². The lowest BCUT2D eigenvalue weighted by atomic mass is 9.94. The number of phosphoric acid groups is 2. The maximum absolute atomic E-state index is 14.1. The summed E-state index contributed by atoms with van der Waals surface area (Å²) in [5.41, 5.74) is 20.4. The number of carboxylic acid groups (broad SMARTS) is 2. The standard InChI is InChI=1S/C94H156N8O26P2/c1-59(2)31-21-32-60(3)33-22-34-61(4)35-23-36-62(5)37-24-38-63(6)39-25-40-64(7)41-26-42-65(8)43-27-44-66(9)45-28-46-67(10)47-29-48-68(11)49-30-50-69(12)54-56-122-129(118,119)128-130(120,121)127-94-82(100-75(18)106)86(85(79(58-104)125-94)126-93-81(99-74(17)105)84(109)83(108)78(57-103)124-93)123-73(16)89(112)96-71(14)88(111)102-77(92(116)117)52-53-80(107)101-76(51-19-20-55-95)90(113)97-70(13)87(110)98-72(15)91(114)115/h31,33,35,37,39,41,43,45,47,49,54,70-73,76-79,81-86,93-94,103-104,108-109H,19-30,32,34,36,38,40,42,44,46,48,50-53,55-58,95H2,1-18H3,(H,96,112)(H,97,113)(H,98,110)(H,99,105)(H,100,106)(H,101,107)(H,102,111)(H,114,115)(H,116,117)(H,118,119)(H,120,121). The van der Waals surface area contributed by atoms with E-state index in [0.717, 1.165) is 149 Å². The number of carbonyl (C=O) groups excluding carboxylic acids is 7. The number of aliphatic hydroxyl groups excluding tert-OH is 4. The van der Waals surface area contributed by atoms with Crippen LogP contribution in [0.5, 0.6) is 0 Å². The molecule has 0 spiro atoms. The Bertz CT molecular complexity index is 4070. The van der Waals surface area contributed by atoms with Crippen LogP contribution in [0.4, 0.5) is 0 Å². The van der Waals surface area contributed by atoms with E-state index in [2.05, 4.69) is 172 Å². The zero-order valence-electron chi connectivity index (χ0n) is 80.0. The first-order chi connectivity index (χ1) is 61.1. The number of hydrogen-bond donors (Lipinski definition) is 16. The van der Waals surface area contributed by atoms with E-state index in [1.165, 1.54) is 75.7 Å². The molecule has 7 amide bonds. The second kappa shape index (κ2) is 63.5. The van der Waals surface area contributed by atoms with Crippen molar-refractivity contribution < 1.29 is 125 Å². The van der Waals surface area contributed by atoms with Crippen molar-refractivity contribution in [2.45, 2.75) is 383 Å². The normalized spacial score (nSPS) is 22.4. The molecule has 130 heavy (non-hydrogen) atoms.